The van der Waals surface area contributed by atoms with Gasteiger partial charge in [0, 0.05) is 19.7 Å². The Morgan fingerprint density at radius 2 is 2.09 bits per heavy atom. The second kappa shape index (κ2) is 9.33. The molecule has 1 heterocycles. The van der Waals surface area contributed by atoms with Gasteiger partial charge in [0.1, 0.15) is 12.4 Å². The van der Waals surface area contributed by atoms with Crippen LogP contribution < -0.4 is 10.5 Å². The molecule has 1 aliphatic heterocycles. The molecule has 1 aromatic rings. The number of hydrogen-bond donors (Lipinski definition) is 1. The Kier molecular flexibility index (Phi) is 7.10. The van der Waals surface area contributed by atoms with Gasteiger partial charge in [-0.3, -0.25) is 4.79 Å². The topological polar surface area (TPSA) is 64.8 Å². The monoisotopic (exact) mass is 318 g/mol. The molecule has 126 valence electrons. The molecular weight excluding hydrogens is 292 g/mol. The predicted molar refractivity (Wildman–Crippen MR) is 90.7 cm³/mol. The summed E-state index contributed by atoms with van der Waals surface area (Å²) in [6.45, 7) is 6.80. The first-order valence-corrected chi connectivity index (χ1v) is 8.20. The molecule has 1 amide bonds. The van der Waals surface area contributed by atoms with Crippen LogP contribution in [0.5, 0.6) is 5.75 Å². The summed E-state index contributed by atoms with van der Waals surface area (Å²) < 4.78 is 11.4. The first kappa shape index (κ1) is 17.5. The molecule has 0 radical (unpaired) electrons. The number of piperidine rings is 1. The Labute approximate surface area is 138 Å². The average molecular weight is 318 g/mol. The zero-order chi connectivity index (χ0) is 16.5. The molecule has 1 saturated heterocycles. The Bertz CT molecular complexity index is 511. The molecule has 0 bridgehead atoms. The van der Waals surface area contributed by atoms with E-state index in [-0.39, 0.29) is 12.0 Å². The molecule has 0 aromatic heterocycles. The van der Waals surface area contributed by atoms with Crippen molar-refractivity contribution >= 4 is 5.91 Å². The Morgan fingerprint density at radius 1 is 1.35 bits per heavy atom. The van der Waals surface area contributed by atoms with Crippen LogP contribution in [-0.2, 0) is 4.74 Å². The van der Waals surface area contributed by atoms with Gasteiger partial charge in [-0.05, 0) is 37.9 Å². The number of carbonyl (C=O) groups excluding carboxylic acids is 1. The molecule has 5 heteroatoms. The van der Waals surface area contributed by atoms with E-state index < -0.39 is 0 Å². The van der Waals surface area contributed by atoms with Crippen molar-refractivity contribution in [3.63, 3.8) is 0 Å². The molecule has 23 heavy (non-hydrogen) atoms. The summed E-state index contributed by atoms with van der Waals surface area (Å²) in [7, 11) is 0. The number of nitrogens with two attached hydrogens (primary N) is 1. The Hall–Kier alpha value is -1.85. The zero-order valence-electron chi connectivity index (χ0n) is 13.6. The van der Waals surface area contributed by atoms with Crippen molar-refractivity contribution < 1.29 is 14.3 Å². The highest BCUT2D eigenvalue weighted by Crippen LogP contribution is 2.22. The molecule has 0 unspecified atom stereocenters. The highest BCUT2D eigenvalue weighted by atomic mass is 16.5. The SMILES string of the molecule is C=CCOc1ccccc1C(=O)N1CCC(OCCCN)CC1. The Balaban J connectivity index is 1.91. The second-order valence-electron chi connectivity index (χ2n) is 5.60. The van der Waals surface area contributed by atoms with Crippen molar-refractivity contribution in [1.82, 2.24) is 4.90 Å². The number of amides is 1. The van der Waals surface area contributed by atoms with E-state index in [9.17, 15) is 4.79 Å². The standard InChI is InChI=1S/C18H26N2O3/c1-2-13-23-17-7-4-3-6-16(17)18(21)20-11-8-15(9-12-20)22-14-5-10-19/h2-4,6-7,15H,1,5,8-14,19H2. The van der Waals surface area contributed by atoms with Gasteiger partial charge >= 0.3 is 0 Å². The number of hydrogen-bond acceptors (Lipinski definition) is 4. The number of para-hydroxylation sites is 1. The Morgan fingerprint density at radius 3 is 2.78 bits per heavy atom. The largest absolute Gasteiger partial charge is 0.489 e. The highest BCUT2D eigenvalue weighted by Gasteiger charge is 2.25. The van der Waals surface area contributed by atoms with Crippen LogP contribution in [0.2, 0.25) is 0 Å². The lowest BCUT2D eigenvalue weighted by molar-refractivity contribution is 0.00837. The van der Waals surface area contributed by atoms with E-state index >= 15 is 0 Å². The van der Waals surface area contributed by atoms with E-state index in [4.69, 9.17) is 15.2 Å². The number of likely N-dealkylation sites (tertiary alicyclic amines) is 1. The summed E-state index contributed by atoms with van der Waals surface area (Å²) >= 11 is 0. The fraction of sp³-hybridized carbons (Fsp3) is 0.500. The third-order valence-electron chi connectivity index (χ3n) is 3.91. The average Bonchev–Trinajstić information content (AvgIpc) is 2.60. The summed E-state index contributed by atoms with van der Waals surface area (Å²) in [5, 5.41) is 0. The van der Waals surface area contributed by atoms with E-state index in [2.05, 4.69) is 6.58 Å². The zero-order valence-corrected chi connectivity index (χ0v) is 13.6. The number of ether oxygens (including phenoxy) is 2. The maximum Gasteiger partial charge on any atom is 0.257 e. The lowest BCUT2D eigenvalue weighted by Gasteiger charge is -2.32. The van der Waals surface area contributed by atoms with Gasteiger partial charge in [-0.25, -0.2) is 0 Å². The molecule has 1 fully saturated rings. The van der Waals surface area contributed by atoms with Gasteiger partial charge in [0.2, 0.25) is 0 Å². The maximum absolute atomic E-state index is 12.7. The van der Waals surface area contributed by atoms with E-state index in [0.29, 0.717) is 44.2 Å². The number of nitrogens with zero attached hydrogens (tertiary/aromatic N) is 1. The smallest absolute Gasteiger partial charge is 0.257 e. The lowest BCUT2D eigenvalue weighted by Crippen LogP contribution is -2.41. The third kappa shape index (κ3) is 5.08. The predicted octanol–water partition coefficient (Wildman–Crippen LogP) is 2.22. The van der Waals surface area contributed by atoms with Crippen LogP contribution in [0.25, 0.3) is 0 Å². The van der Waals surface area contributed by atoms with E-state index in [1.54, 1.807) is 6.08 Å². The maximum atomic E-state index is 12.7. The minimum atomic E-state index is 0.0186. The van der Waals surface area contributed by atoms with Crippen LogP contribution in [0.4, 0.5) is 0 Å². The molecule has 0 aliphatic carbocycles. The number of carbonyl (C=O) groups is 1. The van der Waals surface area contributed by atoms with Crippen LogP contribution >= 0.6 is 0 Å². The van der Waals surface area contributed by atoms with E-state index in [1.807, 2.05) is 29.2 Å². The summed E-state index contributed by atoms with van der Waals surface area (Å²) in [6, 6.07) is 7.35. The number of benzene rings is 1. The van der Waals surface area contributed by atoms with Gasteiger partial charge in [0.15, 0.2) is 0 Å². The molecule has 0 atom stereocenters. The fourth-order valence-corrected chi connectivity index (χ4v) is 2.65. The normalized spacial score (nSPS) is 15.4. The first-order chi connectivity index (χ1) is 11.3. The third-order valence-corrected chi connectivity index (χ3v) is 3.91. The highest BCUT2D eigenvalue weighted by molar-refractivity contribution is 5.97. The lowest BCUT2D eigenvalue weighted by atomic mass is 10.1. The van der Waals surface area contributed by atoms with Gasteiger partial charge in [-0.15, -0.1) is 0 Å². The van der Waals surface area contributed by atoms with Gasteiger partial charge in [-0.1, -0.05) is 24.8 Å². The summed E-state index contributed by atoms with van der Waals surface area (Å²) in [5.74, 6) is 0.629. The summed E-state index contributed by atoms with van der Waals surface area (Å²) in [5.41, 5.74) is 6.08. The van der Waals surface area contributed by atoms with Gasteiger partial charge in [-0.2, -0.15) is 0 Å². The van der Waals surface area contributed by atoms with Gasteiger partial charge < -0.3 is 20.1 Å². The molecule has 0 spiro atoms. The van der Waals surface area contributed by atoms with Crippen LogP contribution in [0.1, 0.15) is 29.6 Å². The van der Waals surface area contributed by atoms with Crippen LogP contribution in [-0.4, -0.2) is 49.8 Å². The van der Waals surface area contributed by atoms with Gasteiger partial charge in [0.25, 0.3) is 5.91 Å². The van der Waals surface area contributed by atoms with Crippen LogP contribution in [0, 0.1) is 0 Å². The molecule has 0 saturated carbocycles. The number of rotatable bonds is 8. The quantitative estimate of drug-likeness (QED) is 0.589. The molecular formula is C18H26N2O3. The summed E-state index contributed by atoms with van der Waals surface area (Å²) in [4.78, 5) is 14.6. The molecule has 5 nitrogen and oxygen atoms in total. The molecule has 2 N–H and O–H groups in total. The van der Waals surface area contributed by atoms with Crippen molar-refractivity contribution in [2.24, 2.45) is 5.73 Å². The fourth-order valence-electron chi connectivity index (χ4n) is 2.65. The van der Waals surface area contributed by atoms with E-state index in [0.717, 1.165) is 19.3 Å². The molecule has 2 rings (SSSR count). The minimum Gasteiger partial charge on any atom is -0.489 e. The summed E-state index contributed by atoms with van der Waals surface area (Å²) in [6.07, 6.45) is 4.52. The molecule has 1 aromatic carbocycles. The van der Waals surface area contributed by atoms with Crippen LogP contribution in [0.3, 0.4) is 0 Å². The minimum absolute atomic E-state index is 0.0186. The first-order valence-electron chi connectivity index (χ1n) is 8.20. The van der Waals surface area contributed by atoms with E-state index in [1.165, 1.54) is 0 Å². The van der Waals surface area contributed by atoms with Crippen molar-refractivity contribution in [3.05, 3.63) is 42.5 Å². The van der Waals surface area contributed by atoms with Gasteiger partial charge in [0.05, 0.1) is 11.7 Å². The van der Waals surface area contributed by atoms with Crippen molar-refractivity contribution in [1.29, 1.82) is 0 Å². The van der Waals surface area contributed by atoms with Crippen LogP contribution in [0.15, 0.2) is 36.9 Å². The van der Waals surface area contributed by atoms with Crippen molar-refractivity contribution in [3.8, 4) is 5.75 Å². The second-order valence-corrected chi connectivity index (χ2v) is 5.60. The van der Waals surface area contributed by atoms with Crippen molar-refractivity contribution in [2.75, 3.05) is 32.8 Å². The van der Waals surface area contributed by atoms with Crippen molar-refractivity contribution in [2.45, 2.75) is 25.4 Å². The molecule has 1 aliphatic rings.